The average Bonchev–Trinajstić information content (AvgIpc) is 3.00. The first-order valence-corrected chi connectivity index (χ1v) is 7.58. The molecule has 0 bridgehead atoms. The number of nitrogens with zero attached hydrogens (tertiary/aromatic N) is 3. The maximum Gasteiger partial charge on any atom is 0.259 e. The highest BCUT2D eigenvalue weighted by Crippen LogP contribution is 2.30. The summed E-state index contributed by atoms with van der Waals surface area (Å²) < 4.78 is 5.41. The van der Waals surface area contributed by atoms with E-state index in [2.05, 4.69) is 27.3 Å². The molecular weight excluding hydrogens is 288 g/mol. The molecule has 2 heterocycles. The third-order valence-corrected chi connectivity index (χ3v) is 4.44. The third kappa shape index (κ3) is 2.95. The van der Waals surface area contributed by atoms with Crippen molar-refractivity contribution >= 4 is 11.6 Å². The van der Waals surface area contributed by atoms with Gasteiger partial charge in [0.05, 0.1) is 16.6 Å². The smallest absolute Gasteiger partial charge is 0.259 e. The number of benzene rings is 1. The van der Waals surface area contributed by atoms with Crippen LogP contribution in [0.5, 0.6) is 0 Å². The lowest BCUT2D eigenvalue weighted by Crippen LogP contribution is -2.44. The number of hydrogen-bond donors (Lipinski definition) is 1. The summed E-state index contributed by atoms with van der Waals surface area (Å²) in [4.78, 5) is 6.88. The monoisotopic (exact) mass is 306 g/mol. The summed E-state index contributed by atoms with van der Waals surface area (Å²) in [7, 11) is 0. The van der Waals surface area contributed by atoms with E-state index in [1.807, 2.05) is 25.1 Å². The van der Waals surface area contributed by atoms with Crippen LogP contribution in [-0.4, -0.2) is 41.2 Å². The summed E-state index contributed by atoms with van der Waals surface area (Å²) >= 11 is 6.32. The van der Waals surface area contributed by atoms with Crippen LogP contribution in [0, 0.1) is 6.92 Å². The lowest BCUT2D eigenvalue weighted by atomic mass is 10.1. The number of nitrogens with one attached hydrogen (secondary N) is 1. The van der Waals surface area contributed by atoms with Crippen molar-refractivity contribution in [1.82, 2.24) is 20.4 Å². The summed E-state index contributed by atoms with van der Waals surface area (Å²) in [6, 6.07) is 5.96. The molecule has 1 saturated heterocycles. The zero-order chi connectivity index (χ0) is 14.8. The molecule has 1 aromatic heterocycles. The predicted octanol–water partition coefficient (Wildman–Crippen LogP) is 2.66. The lowest BCUT2D eigenvalue weighted by Gasteiger charge is -2.30. The fourth-order valence-electron chi connectivity index (χ4n) is 2.56. The van der Waals surface area contributed by atoms with E-state index in [4.69, 9.17) is 16.1 Å². The van der Waals surface area contributed by atoms with Crippen molar-refractivity contribution in [1.29, 1.82) is 0 Å². The van der Waals surface area contributed by atoms with Gasteiger partial charge < -0.3 is 9.84 Å². The Hall–Kier alpha value is -1.43. The molecule has 1 atom stereocenters. The Balaban J connectivity index is 1.84. The molecule has 112 valence electrons. The van der Waals surface area contributed by atoms with Crippen LogP contribution in [0.2, 0.25) is 5.02 Å². The highest BCUT2D eigenvalue weighted by molar-refractivity contribution is 6.33. The molecule has 1 aliphatic heterocycles. The number of aromatic nitrogens is 2. The minimum absolute atomic E-state index is 0.146. The second kappa shape index (κ2) is 6.13. The van der Waals surface area contributed by atoms with Gasteiger partial charge in [0.1, 0.15) is 0 Å². The van der Waals surface area contributed by atoms with Crippen molar-refractivity contribution in [3.63, 3.8) is 0 Å². The van der Waals surface area contributed by atoms with Crippen molar-refractivity contribution in [2.45, 2.75) is 19.9 Å². The number of aryl methyl sites for hydroxylation is 1. The van der Waals surface area contributed by atoms with Gasteiger partial charge in [0.15, 0.2) is 5.82 Å². The maximum absolute atomic E-state index is 6.32. The largest absolute Gasteiger partial charge is 0.334 e. The van der Waals surface area contributed by atoms with Gasteiger partial charge >= 0.3 is 0 Å². The molecular formula is C15H19ClN4O. The molecule has 5 nitrogen and oxygen atoms in total. The molecule has 0 aliphatic carbocycles. The Morgan fingerprint density at radius 2 is 2.10 bits per heavy atom. The topological polar surface area (TPSA) is 54.2 Å². The molecule has 1 fully saturated rings. The summed E-state index contributed by atoms with van der Waals surface area (Å²) in [5, 5.41) is 8.14. The summed E-state index contributed by atoms with van der Waals surface area (Å²) in [5.41, 5.74) is 1.80. The van der Waals surface area contributed by atoms with E-state index in [9.17, 15) is 0 Å². The second-order valence-electron chi connectivity index (χ2n) is 5.36. The van der Waals surface area contributed by atoms with E-state index in [0.29, 0.717) is 16.7 Å². The minimum Gasteiger partial charge on any atom is -0.334 e. The fourth-order valence-corrected chi connectivity index (χ4v) is 2.77. The second-order valence-corrected chi connectivity index (χ2v) is 5.73. The van der Waals surface area contributed by atoms with Crippen molar-refractivity contribution in [2.24, 2.45) is 0 Å². The van der Waals surface area contributed by atoms with Crippen LogP contribution in [-0.2, 0) is 0 Å². The number of halogens is 1. The third-order valence-electron chi connectivity index (χ3n) is 3.94. The van der Waals surface area contributed by atoms with E-state index >= 15 is 0 Å². The van der Waals surface area contributed by atoms with Crippen LogP contribution >= 0.6 is 11.6 Å². The van der Waals surface area contributed by atoms with E-state index in [-0.39, 0.29) is 6.04 Å². The Kier molecular flexibility index (Phi) is 4.24. The van der Waals surface area contributed by atoms with Gasteiger partial charge in [0, 0.05) is 26.2 Å². The predicted molar refractivity (Wildman–Crippen MR) is 82.3 cm³/mol. The summed E-state index contributed by atoms with van der Waals surface area (Å²) in [6.45, 7) is 8.06. The van der Waals surface area contributed by atoms with Crippen LogP contribution in [0.25, 0.3) is 11.5 Å². The molecule has 3 rings (SSSR count). The normalized spacial score (nSPS) is 17.9. The number of piperazine rings is 1. The van der Waals surface area contributed by atoms with E-state index in [1.165, 1.54) is 0 Å². The summed E-state index contributed by atoms with van der Waals surface area (Å²) in [6.07, 6.45) is 0. The number of hydrogen-bond acceptors (Lipinski definition) is 5. The quantitative estimate of drug-likeness (QED) is 0.945. The maximum atomic E-state index is 6.32. The molecule has 0 saturated carbocycles. The van der Waals surface area contributed by atoms with Crippen LogP contribution in [0.3, 0.4) is 0 Å². The van der Waals surface area contributed by atoms with E-state index < -0.39 is 0 Å². The highest BCUT2D eigenvalue weighted by atomic mass is 35.5. The molecule has 1 aromatic carbocycles. The van der Waals surface area contributed by atoms with Crippen LogP contribution in [0.15, 0.2) is 22.7 Å². The minimum atomic E-state index is 0.146. The Bertz CT molecular complexity index is 622. The first-order chi connectivity index (χ1) is 10.2. The van der Waals surface area contributed by atoms with Gasteiger partial charge in [0.2, 0.25) is 0 Å². The molecule has 6 heteroatoms. The molecule has 2 aromatic rings. The van der Waals surface area contributed by atoms with Crippen molar-refractivity contribution in [2.75, 3.05) is 26.2 Å². The molecule has 0 radical (unpaired) electrons. The first kappa shape index (κ1) is 14.5. The molecule has 0 amide bonds. The van der Waals surface area contributed by atoms with Gasteiger partial charge in [-0.1, -0.05) is 28.9 Å². The molecule has 1 unspecified atom stereocenters. The first-order valence-electron chi connectivity index (χ1n) is 7.20. The van der Waals surface area contributed by atoms with Gasteiger partial charge in [-0.25, -0.2) is 0 Å². The SMILES string of the molecule is Cc1cccc(-c2nc(C(C)N3CCNCC3)no2)c1Cl. The van der Waals surface area contributed by atoms with Crippen LogP contribution < -0.4 is 5.32 Å². The fraction of sp³-hybridized carbons (Fsp3) is 0.467. The van der Waals surface area contributed by atoms with Gasteiger partial charge in [-0.2, -0.15) is 4.98 Å². The molecule has 1 N–H and O–H groups in total. The van der Waals surface area contributed by atoms with Gasteiger partial charge in [-0.05, 0) is 25.5 Å². The Morgan fingerprint density at radius 1 is 1.33 bits per heavy atom. The molecule has 1 aliphatic rings. The van der Waals surface area contributed by atoms with Crippen molar-refractivity contribution in [3.05, 3.63) is 34.6 Å². The average molecular weight is 307 g/mol. The standard InChI is InChI=1S/C15H19ClN4O/c1-10-4-3-5-12(13(10)16)15-18-14(19-21-15)11(2)20-8-6-17-7-9-20/h3-5,11,17H,6-9H2,1-2H3. The molecule has 21 heavy (non-hydrogen) atoms. The highest BCUT2D eigenvalue weighted by Gasteiger charge is 2.23. The molecule has 0 spiro atoms. The lowest BCUT2D eigenvalue weighted by molar-refractivity contribution is 0.176. The Morgan fingerprint density at radius 3 is 2.86 bits per heavy atom. The number of rotatable bonds is 3. The van der Waals surface area contributed by atoms with Crippen molar-refractivity contribution < 1.29 is 4.52 Å². The zero-order valence-electron chi connectivity index (χ0n) is 12.3. The summed E-state index contributed by atoms with van der Waals surface area (Å²) in [5.74, 6) is 1.20. The van der Waals surface area contributed by atoms with E-state index in [0.717, 1.165) is 37.3 Å². The van der Waals surface area contributed by atoms with Gasteiger partial charge in [0.25, 0.3) is 5.89 Å². The zero-order valence-corrected chi connectivity index (χ0v) is 13.0. The van der Waals surface area contributed by atoms with E-state index in [1.54, 1.807) is 0 Å². The van der Waals surface area contributed by atoms with Crippen LogP contribution in [0.4, 0.5) is 0 Å². The van der Waals surface area contributed by atoms with Crippen LogP contribution in [0.1, 0.15) is 24.4 Å². The van der Waals surface area contributed by atoms with Gasteiger partial charge in [-0.15, -0.1) is 0 Å². The Labute approximate surface area is 129 Å². The van der Waals surface area contributed by atoms with Crippen molar-refractivity contribution in [3.8, 4) is 11.5 Å². The van der Waals surface area contributed by atoms with Gasteiger partial charge in [-0.3, -0.25) is 4.90 Å².